The lowest BCUT2D eigenvalue weighted by Crippen LogP contribution is -2.26. The first-order valence-corrected chi connectivity index (χ1v) is 15.5. The van der Waals surface area contributed by atoms with Gasteiger partial charge in [0.2, 0.25) is 0 Å². The Labute approximate surface area is 243 Å². The van der Waals surface area contributed by atoms with Gasteiger partial charge in [-0.05, 0) is 103 Å². The molecule has 3 aromatic rings. The number of halogens is 1. The van der Waals surface area contributed by atoms with Crippen molar-refractivity contribution in [1.29, 1.82) is 0 Å². The van der Waals surface area contributed by atoms with Crippen molar-refractivity contribution in [3.05, 3.63) is 100 Å². The van der Waals surface area contributed by atoms with Crippen LogP contribution in [0.4, 0.5) is 0 Å². The van der Waals surface area contributed by atoms with Gasteiger partial charge in [-0.1, -0.05) is 107 Å². The van der Waals surface area contributed by atoms with E-state index in [2.05, 4.69) is 117 Å². The molecule has 1 unspecified atom stereocenters. The van der Waals surface area contributed by atoms with Crippen molar-refractivity contribution in [3.8, 4) is 0 Å². The average Bonchev–Trinajstić information content (AvgIpc) is 2.96. The van der Waals surface area contributed by atoms with E-state index in [-0.39, 0.29) is 0 Å². The summed E-state index contributed by atoms with van der Waals surface area (Å²) in [5.74, 6) is 0.499. The summed E-state index contributed by atoms with van der Waals surface area (Å²) in [6, 6.07) is 21.9. The fourth-order valence-electron chi connectivity index (χ4n) is 5.16. The number of nitrogens with zero attached hydrogens (tertiary/aromatic N) is 2. The van der Waals surface area contributed by atoms with Crippen molar-refractivity contribution < 1.29 is 0 Å². The van der Waals surface area contributed by atoms with Gasteiger partial charge in [-0.15, -0.1) is 0 Å². The third-order valence-corrected chi connectivity index (χ3v) is 8.10. The lowest BCUT2D eigenvalue weighted by Gasteiger charge is -2.27. The fraction of sp³-hybridized carbons (Fsp3) is 0.444. The predicted molar refractivity (Wildman–Crippen MR) is 174 cm³/mol. The molecule has 2 nitrogen and oxygen atoms in total. The van der Waals surface area contributed by atoms with Crippen molar-refractivity contribution in [3.63, 3.8) is 0 Å². The molecule has 0 aliphatic heterocycles. The number of unbranched alkanes of at least 4 members (excludes halogenated alkanes) is 2. The maximum atomic E-state index is 6.45. The molecule has 3 heteroatoms. The highest BCUT2D eigenvalue weighted by Crippen LogP contribution is 2.28. The largest absolute Gasteiger partial charge is 0.367 e. The van der Waals surface area contributed by atoms with E-state index in [1.54, 1.807) is 0 Å². The van der Waals surface area contributed by atoms with E-state index in [1.807, 2.05) is 6.07 Å². The molecule has 0 aliphatic rings. The molecule has 3 rings (SSSR count). The minimum absolute atomic E-state index is 0.499. The molecule has 39 heavy (non-hydrogen) atoms. The molecule has 3 aromatic carbocycles. The second kappa shape index (κ2) is 16.5. The summed E-state index contributed by atoms with van der Waals surface area (Å²) in [5, 5.41) is 3.40. The lowest BCUT2D eigenvalue weighted by molar-refractivity contribution is 0.279. The van der Waals surface area contributed by atoms with E-state index in [4.69, 9.17) is 11.6 Å². The van der Waals surface area contributed by atoms with Gasteiger partial charge in [0.15, 0.2) is 0 Å². The van der Waals surface area contributed by atoms with Gasteiger partial charge in [-0.3, -0.25) is 0 Å². The predicted octanol–water partition coefficient (Wildman–Crippen LogP) is 10.3. The van der Waals surface area contributed by atoms with Crippen LogP contribution in [0.1, 0.15) is 89.3 Å². The van der Waals surface area contributed by atoms with Gasteiger partial charge in [0.1, 0.15) is 0 Å². The van der Waals surface area contributed by atoms with Crippen molar-refractivity contribution in [2.45, 2.75) is 79.2 Å². The number of allylic oxidation sites excluding steroid dienone is 2. The lowest BCUT2D eigenvalue weighted by atomic mass is 9.93. The monoisotopic (exact) mass is 544 g/mol. The normalized spacial score (nSPS) is 13.1. The topological polar surface area (TPSA) is 6.48 Å². The van der Waals surface area contributed by atoms with Gasteiger partial charge >= 0.3 is 0 Å². The van der Waals surface area contributed by atoms with Crippen molar-refractivity contribution in [2.24, 2.45) is 0 Å². The van der Waals surface area contributed by atoms with Gasteiger partial charge in [0.25, 0.3) is 0 Å². The smallest absolute Gasteiger partial charge is 0.0429 e. The first-order valence-electron chi connectivity index (χ1n) is 15.1. The van der Waals surface area contributed by atoms with E-state index in [1.165, 1.54) is 52.5 Å². The molecule has 0 saturated carbocycles. The molecule has 0 bridgehead atoms. The fourth-order valence-corrected chi connectivity index (χ4v) is 5.34. The highest BCUT2D eigenvalue weighted by molar-refractivity contribution is 6.30. The third-order valence-electron chi connectivity index (χ3n) is 7.87. The van der Waals surface area contributed by atoms with Crippen molar-refractivity contribution >= 4 is 28.4 Å². The minimum Gasteiger partial charge on any atom is -0.367 e. The quantitative estimate of drug-likeness (QED) is 0.131. The summed E-state index contributed by atoms with van der Waals surface area (Å²) < 4.78 is 0. The summed E-state index contributed by atoms with van der Waals surface area (Å²) in [4.78, 5) is 5.11. The number of benzene rings is 3. The van der Waals surface area contributed by atoms with E-state index >= 15 is 0 Å². The molecule has 0 spiro atoms. The number of hydrogen-bond donors (Lipinski definition) is 0. The van der Waals surface area contributed by atoms with Gasteiger partial charge < -0.3 is 9.80 Å². The molecule has 0 aliphatic carbocycles. The van der Waals surface area contributed by atoms with Crippen LogP contribution in [0, 0.1) is 0 Å². The van der Waals surface area contributed by atoms with E-state index in [9.17, 15) is 0 Å². The second-order valence-corrected chi connectivity index (χ2v) is 11.1. The van der Waals surface area contributed by atoms with Crippen LogP contribution in [0.2, 0.25) is 5.02 Å². The standard InChI is InChI=1S/C36H49ClN2/c1-6-10-17-35(22-20-33-27-34(37)21-23-36(33)29(5)7-2)39(25-14-13-24-38(8-3)9-4)28-30-18-19-31-15-11-12-16-32(31)26-30/h11-12,15-23,26-27,29H,6-10,13-14,24-25,28H2,1-5H3/b22-20+,35-17?. The summed E-state index contributed by atoms with van der Waals surface area (Å²) in [5.41, 5.74) is 5.26. The zero-order chi connectivity index (χ0) is 28.0. The zero-order valence-electron chi connectivity index (χ0n) is 24.9. The molecule has 0 amide bonds. The number of fused-ring (bicyclic) bond motifs is 1. The van der Waals surface area contributed by atoms with Crippen LogP contribution >= 0.6 is 11.6 Å². The molecule has 210 valence electrons. The number of rotatable bonds is 16. The van der Waals surface area contributed by atoms with Gasteiger partial charge in [0, 0.05) is 23.8 Å². The summed E-state index contributed by atoms with van der Waals surface area (Å²) in [6.45, 7) is 16.7. The van der Waals surface area contributed by atoms with Crippen LogP contribution in [0.5, 0.6) is 0 Å². The maximum Gasteiger partial charge on any atom is 0.0429 e. The van der Waals surface area contributed by atoms with Crippen LogP contribution < -0.4 is 0 Å². The van der Waals surface area contributed by atoms with Crippen molar-refractivity contribution in [1.82, 2.24) is 9.80 Å². The number of hydrogen-bond acceptors (Lipinski definition) is 2. The Morgan fingerprint density at radius 3 is 2.33 bits per heavy atom. The highest BCUT2D eigenvalue weighted by Gasteiger charge is 2.12. The molecule has 0 N–H and O–H groups in total. The highest BCUT2D eigenvalue weighted by atomic mass is 35.5. The molecule has 0 heterocycles. The summed E-state index contributed by atoms with van der Waals surface area (Å²) in [7, 11) is 0. The molecule has 0 saturated heterocycles. The molecule has 1 atom stereocenters. The maximum absolute atomic E-state index is 6.45. The Hall–Kier alpha value is -2.55. The Morgan fingerprint density at radius 2 is 1.62 bits per heavy atom. The molecular weight excluding hydrogens is 496 g/mol. The Balaban J connectivity index is 1.91. The first kappa shape index (κ1) is 31.0. The molecular formula is C36H49ClN2. The van der Waals surface area contributed by atoms with Gasteiger partial charge in [0.05, 0.1) is 0 Å². The minimum atomic E-state index is 0.499. The van der Waals surface area contributed by atoms with Crippen molar-refractivity contribution in [2.75, 3.05) is 26.2 Å². The Bertz CT molecular complexity index is 1210. The second-order valence-electron chi connectivity index (χ2n) is 10.7. The first-order chi connectivity index (χ1) is 19.0. The van der Waals surface area contributed by atoms with Crippen LogP contribution in [-0.4, -0.2) is 36.0 Å². The molecule has 0 aromatic heterocycles. The Kier molecular flexibility index (Phi) is 13.1. The van der Waals surface area contributed by atoms with E-state index in [0.29, 0.717) is 5.92 Å². The van der Waals surface area contributed by atoms with Crippen LogP contribution in [0.25, 0.3) is 16.8 Å². The summed E-state index contributed by atoms with van der Waals surface area (Å²) in [6.07, 6.45) is 12.8. The molecule has 0 radical (unpaired) electrons. The molecule has 0 fully saturated rings. The summed E-state index contributed by atoms with van der Waals surface area (Å²) >= 11 is 6.45. The van der Waals surface area contributed by atoms with E-state index in [0.717, 1.165) is 50.5 Å². The SMILES string of the molecule is CCCC=C(/C=C/c1cc(Cl)ccc1C(C)CC)N(CCCCN(CC)CC)Cc1ccc2ccccc2c1. The van der Waals surface area contributed by atoms with E-state index < -0.39 is 0 Å². The van der Waals surface area contributed by atoms with Crippen LogP contribution in [0.3, 0.4) is 0 Å². The third kappa shape index (κ3) is 9.55. The zero-order valence-corrected chi connectivity index (χ0v) is 25.7. The average molecular weight is 545 g/mol. The Morgan fingerprint density at radius 1 is 0.872 bits per heavy atom. The van der Waals surface area contributed by atoms with Gasteiger partial charge in [-0.25, -0.2) is 0 Å². The van der Waals surface area contributed by atoms with Crippen LogP contribution in [0.15, 0.2) is 78.5 Å². The van der Waals surface area contributed by atoms with Crippen LogP contribution in [-0.2, 0) is 6.54 Å². The van der Waals surface area contributed by atoms with Gasteiger partial charge in [-0.2, -0.15) is 0 Å².